The molecule has 2 aliphatic rings. The minimum atomic E-state index is -1.50. The number of allylic oxidation sites excluding steroid dienone is 1. The van der Waals surface area contributed by atoms with Gasteiger partial charge in [0.15, 0.2) is 10.8 Å². The van der Waals surface area contributed by atoms with Gasteiger partial charge >= 0.3 is 29.6 Å². The molecule has 0 bridgehead atoms. The molecule has 0 radical (unpaired) electrons. The Morgan fingerprint density at radius 3 is 2.79 bits per heavy atom. The summed E-state index contributed by atoms with van der Waals surface area (Å²) in [6, 6.07) is 0.677. The van der Waals surface area contributed by atoms with Crippen molar-refractivity contribution in [2.45, 2.75) is 11.4 Å². The number of carboxylic acids is 1. The number of methoxy groups -OCH3 is 1. The van der Waals surface area contributed by atoms with Gasteiger partial charge in [-0.05, 0) is 23.2 Å². The van der Waals surface area contributed by atoms with Gasteiger partial charge in [0.2, 0.25) is 5.88 Å². The van der Waals surface area contributed by atoms with Gasteiger partial charge in [0, 0.05) is 17.2 Å². The molecule has 2 aliphatic heterocycles. The topological polar surface area (TPSA) is 183 Å². The first-order valence-corrected chi connectivity index (χ1v) is 11.9. The number of aromatic nitrogens is 2. The number of carboxylic acid groups (broad SMARTS) is 1. The van der Waals surface area contributed by atoms with Crippen molar-refractivity contribution in [1.29, 1.82) is 0 Å². The fourth-order valence-electron chi connectivity index (χ4n) is 3.21. The molecular weight excluding hydrogens is 515 g/mol. The summed E-state index contributed by atoms with van der Waals surface area (Å²) in [5.74, 6) is -2.27. The van der Waals surface area contributed by atoms with Crippen LogP contribution in [0.3, 0.4) is 0 Å². The largest absolute Gasteiger partial charge is 1.00 e. The fraction of sp³-hybridized carbons (Fsp3) is 0.222. The smallest absolute Gasteiger partial charge is 0.543 e. The number of fused-ring (bicyclic) bond motifs is 1. The summed E-state index contributed by atoms with van der Waals surface area (Å²) < 4.78 is 9.08. The van der Waals surface area contributed by atoms with E-state index in [-0.39, 0.29) is 51.8 Å². The van der Waals surface area contributed by atoms with Crippen molar-refractivity contribution in [3.05, 3.63) is 39.4 Å². The second-order valence-electron chi connectivity index (χ2n) is 6.65. The van der Waals surface area contributed by atoms with Crippen molar-refractivity contribution in [1.82, 2.24) is 19.6 Å². The number of carbonyl (C=O) groups is 3. The first-order chi connectivity index (χ1) is 15.8. The Hall–Kier alpha value is -2.43. The van der Waals surface area contributed by atoms with Gasteiger partial charge in [-0.3, -0.25) is 14.5 Å². The molecule has 2 atom stereocenters. The van der Waals surface area contributed by atoms with E-state index in [1.165, 1.54) is 35.8 Å². The number of anilines is 1. The molecule has 1 fully saturated rings. The maximum absolute atomic E-state index is 12.7. The van der Waals surface area contributed by atoms with Gasteiger partial charge in [-0.1, -0.05) is 11.2 Å². The Bertz CT molecular complexity index is 1220. The number of ether oxygens (including phenoxy) is 1. The number of carbonyl (C=O) groups excluding carboxylic acids is 3. The zero-order chi connectivity index (χ0) is 23.7. The molecule has 0 aliphatic carbocycles. The Balaban J connectivity index is 0.00000324. The number of thiazole rings is 1. The molecule has 4 heterocycles. The Morgan fingerprint density at radius 2 is 2.21 bits per heavy atom. The van der Waals surface area contributed by atoms with Crippen LogP contribution in [0.2, 0.25) is 0 Å². The minimum Gasteiger partial charge on any atom is -0.543 e. The molecular formula is C18H15N6NaO6S3. The van der Waals surface area contributed by atoms with Crippen LogP contribution < -0.4 is 50.5 Å². The molecule has 0 aromatic carbocycles. The molecule has 2 amide bonds. The summed E-state index contributed by atoms with van der Waals surface area (Å²) in [5.41, 5.74) is 5.31. The van der Waals surface area contributed by atoms with Crippen LogP contribution in [0.25, 0.3) is 6.08 Å². The second-order valence-corrected chi connectivity index (χ2v) is 9.48. The number of nitrogens with two attached hydrogens (primary N) is 1. The number of hydrogen-bond donors (Lipinski definition) is 3. The van der Waals surface area contributed by atoms with Crippen LogP contribution in [0.1, 0.15) is 10.6 Å². The van der Waals surface area contributed by atoms with Gasteiger partial charge in [-0.2, -0.15) is 4.37 Å². The molecule has 12 nitrogen and oxygen atoms in total. The first-order valence-electron chi connectivity index (χ1n) is 9.16. The van der Waals surface area contributed by atoms with E-state index in [0.29, 0.717) is 11.5 Å². The summed E-state index contributed by atoms with van der Waals surface area (Å²) in [6.45, 7) is 0. The summed E-state index contributed by atoms with van der Waals surface area (Å²) in [6.07, 6.45) is 3.26. The average molecular weight is 531 g/mol. The number of hydrogen-bond acceptors (Lipinski definition) is 13. The number of rotatable bonds is 7. The first kappa shape index (κ1) is 26.2. The van der Waals surface area contributed by atoms with Crippen molar-refractivity contribution in [3.8, 4) is 5.88 Å². The molecule has 2 aromatic heterocycles. The number of nitrogens with zero attached hydrogens (tertiary/aromatic N) is 4. The van der Waals surface area contributed by atoms with E-state index >= 15 is 0 Å². The second kappa shape index (κ2) is 10.9. The van der Waals surface area contributed by atoms with Gasteiger partial charge in [0.05, 0.1) is 23.7 Å². The van der Waals surface area contributed by atoms with Crippen LogP contribution in [-0.2, 0) is 14.4 Å². The molecule has 0 saturated carbocycles. The van der Waals surface area contributed by atoms with E-state index in [1.54, 1.807) is 18.2 Å². The minimum absolute atomic E-state index is 0. The van der Waals surface area contributed by atoms with Crippen molar-refractivity contribution >= 4 is 69.3 Å². The molecule has 2 aromatic rings. The number of thioether (sulfide) groups is 1. The van der Waals surface area contributed by atoms with E-state index < -0.39 is 34.9 Å². The predicted octanol–water partition coefficient (Wildman–Crippen LogP) is -3.51. The van der Waals surface area contributed by atoms with Gasteiger partial charge in [0.1, 0.15) is 17.1 Å². The van der Waals surface area contributed by atoms with Crippen LogP contribution >= 0.6 is 34.6 Å². The van der Waals surface area contributed by atoms with Crippen molar-refractivity contribution in [3.63, 3.8) is 0 Å². The SMILES string of the molecule is COc1cc(/C=C\C2=C(C(=O)[O-])N3C(=O)[C@@H](NC(=O)/C(=N\O)c4csc(N)n4)[C@H]3SC2)sn1.[Na+]. The van der Waals surface area contributed by atoms with Gasteiger partial charge in [-0.15, -0.1) is 23.1 Å². The van der Waals surface area contributed by atoms with E-state index in [2.05, 4.69) is 19.8 Å². The third-order valence-corrected chi connectivity index (χ3v) is 7.43. The summed E-state index contributed by atoms with van der Waals surface area (Å²) in [5, 5.41) is 27.4. The Labute approximate surface area is 227 Å². The van der Waals surface area contributed by atoms with Crippen molar-refractivity contribution in [2.24, 2.45) is 5.16 Å². The van der Waals surface area contributed by atoms with Crippen LogP contribution in [0, 0.1) is 0 Å². The number of β-lactam (4-membered cyclic amide) rings is 1. The Kier molecular flexibility index (Phi) is 8.38. The summed E-state index contributed by atoms with van der Waals surface area (Å²) in [4.78, 5) is 42.8. The number of nitrogen functional groups attached to an aromatic ring is 1. The van der Waals surface area contributed by atoms with Crippen LogP contribution in [-0.4, -0.2) is 67.2 Å². The fourth-order valence-corrected chi connectivity index (χ4v) is 5.68. The van der Waals surface area contributed by atoms with E-state index in [4.69, 9.17) is 10.5 Å². The van der Waals surface area contributed by atoms with Crippen molar-refractivity contribution in [2.75, 3.05) is 18.6 Å². The normalized spacial score (nSPS) is 20.0. The number of nitrogens with one attached hydrogen (secondary N) is 1. The maximum Gasteiger partial charge on any atom is 1.00 e. The molecule has 16 heteroatoms. The third kappa shape index (κ3) is 4.99. The molecule has 1 saturated heterocycles. The molecule has 34 heavy (non-hydrogen) atoms. The number of aliphatic carboxylic acids is 1. The van der Waals surface area contributed by atoms with E-state index in [9.17, 15) is 24.7 Å². The van der Waals surface area contributed by atoms with E-state index in [1.807, 2.05) is 0 Å². The summed E-state index contributed by atoms with van der Waals surface area (Å²) in [7, 11) is 1.49. The zero-order valence-corrected chi connectivity index (χ0v) is 22.2. The van der Waals surface area contributed by atoms with Crippen LogP contribution in [0.5, 0.6) is 5.88 Å². The molecule has 172 valence electrons. The number of oxime groups is 1. The van der Waals surface area contributed by atoms with Gasteiger partial charge in [0.25, 0.3) is 11.8 Å². The van der Waals surface area contributed by atoms with Gasteiger partial charge < -0.3 is 30.9 Å². The maximum atomic E-state index is 12.7. The third-order valence-electron chi connectivity index (χ3n) is 4.72. The van der Waals surface area contributed by atoms with Crippen molar-refractivity contribution < 1.29 is 59.0 Å². The molecule has 0 unspecified atom stereocenters. The molecule has 0 spiro atoms. The number of amides is 2. The van der Waals surface area contributed by atoms with Crippen LogP contribution in [0.4, 0.5) is 5.13 Å². The Morgan fingerprint density at radius 1 is 1.44 bits per heavy atom. The summed E-state index contributed by atoms with van der Waals surface area (Å²) >= 11 is 3.50. The average Bonchev–Trinajstić information content (AvgIpc) is 3.44. The predicted molar refractivity (Wildman–Crippen MR) is 120 cm³/mol. The monoisotopic (exact) mass is 530 g/mol. The molecule has 4 N–H and O–H groups in total. The molecule has 4 rings (SSSR count). The standard InChI is InChI=1S/C18H16N6O6S3.Na/c1-30-10-4-8(33-23-10)3-2-7-5-31-16-12(15(26)24(16)13(7)17(27)28)21-14(25)11(22-29)9-6-32-18(19)20-9;/h2-4,6,12,16,29H,5H2,1H3,(H2,19,20)(H,21,25)(H,27,28);/q;+1/p-1/b3-2-,22-11-;/t12-,16-;/m1./s1. The quantitative estimate of drug-likeness (QED) is 0.107. The van der Waals surface area contributed by atoms with Crippen LogP contribution in [0.15, 0.2) is 33.9 Å². The zero-order valence-electron chi connectivity index (χ0n) is 17.8. The van der Waals surface area contributed by atoms with Gasteiger partial charge in [-0.25, -0.2) is 4.98 Å². The van der Waals surface area contributed by atoms with E-state index in [0.717, 1.165) is 21.1 Å².